The second kappa shape index (κ2) is 4.48. The smallest absolute Gasteiger partial charge is 0.0415 e. The van der Waals surface area contributed by atoms with E-state index in [1.807, 2.05) is 54.6 Å². The van der Waals surface area contributed by atoms with Gasteiger partial charge in [0.15, 0.2) is 0 Å². The maximum atomic E-state index is 6.03. The largest absolute Gasteiger partial charge is 0.398 e. The Morgan fingerprint density at radius 3 is 2.16 bits per heavy atom. The molecule has 0 bridgehead atoms. The monoisotopic (exact) mass is 268 g/mol. The zero-order chi connectivity index (χ0) is 13.4. The summed E-state index contributed by atoms with van der Waals surface area (Å²) in [6, 6.07) is 17.5. The highest BCUT2D eigenvalue weighted by molar-refractivity contribution is 6.30. The van der Waals surface area contributed by atoms with Crippen LogP contribution in [0.5, 0.6) is 0 Å². The van der Waals surface area contributed by atoms with Gasteiger partial charge in [-0.1, -0.05) is 41.9 Å². The second-order valence-electron chi connectivity index (χ2n) is 4.48. The number of halogens is 1. The molecular weight excluding hydrogens is 256 g/mol. The second-order valence-corrected chi connectivity index (χ2v) is 4.92. The van der Waals surface area contributed by atoms with Crippen LogP contribution in [0.3, 0.4) is 0 Å². The molecule has 0 unspecified atom stereocenters. The highest BCUT2D eigenvalue weighted by Gasteiger charge is 2.08. The number of fused-ring (bicyclic) bond motifs is 1. The van der Waals surface area contributed by atoms with Crippen LogP contribution in [0.4, 0.5) is 11.4 Å². The number of nitrogens with two attached hydrogens (primary N) is 2. The Labute approximate surface area is 116 Å². The molecule has 0 aliphatic carbocycles. The summed E-state index contributed by atoms with van der Waals surface area (Å²) in [5.74, 6) is 0. The summed E-state index contributed by atoms with van der Waals surface area (Å²) in [6.45, 7) is 0. The highest BCUT2D eigenvalue weighted by atomic mass is 35.5. The molecule has 0 aromatic heterocycles. The van der Waals surface area contributed by atoms with Gasteiger partial charge in [-0.3, -0.25) is 0 Å². The number of nitrogen functional groups attached to an aromatic ring is 2. The molecule has 0 aliphatic rings. The molecule has 0 spiro atoms. The predicted octanol–water partition coefficient (Wildman–Crippen LogP) is 4.32. The zero-order valence-electron chi connectivity index (χ0n) is 10.2. The standard InChI is InChI=1S/C16H13ClN2/c17-11-6-4-10(5-7-11)12-8-9-15(19)16-13(12)2-1-3-14(16)18/h1-9H,18-19H2. The number of hydrogen-bond acceptors (Lipinski definition) is 2. The first-order valence-electron chi connectivity index (χ1n) is 5.99. The van der Waals surface area contributed by atoms with Gasteiger partial charge in [0, 0.05) is 21.8 Å². The summed E-state index contributed by atoms with van der Waals surface area (Å²) in [5.41, 5.74) is 15.7. The van der Waals surface area contributed by atoms with Crippen molar-refractivity contribution >= 4 is 33.7 Å². The lowest BCUT2D eigenvalue weighted by molar-refractivity contribution is 1.64. The summed E-state index contributed by atoms with van der Waals surface area (Å²) < 4.78 is 0. The number of anilines is 2. The molecule has 19 heavy (non-hydrogen) atoms. The number of hydrogen-bond donors (Lipinski definition) is 2. The molecule has 0 amide bonds. The number of rotatable bonds is 1. The van der Waals surface area contributed by atoms with Gasteiger partial charge in [-0.15, -0.1) is 0 Å². The maximum Gasteiger partial charge on any atom is 0.0415 e. The van der Waals surface area contributed by atoms with Crippen LogP contribution in [0.2, 0.25) is 5.02 Å². The van der Waals surface area contributed by atoms with Crippen LogP contribution in [-0.2, 0) is 0 Å². The molecule has 3 aromatic carbocycles. The van der Waals surface area contributed by atoms with Crippen molar-refractivity contribution in [2.45, 2.75) is 0 Å². The van der Waals surface area contributed by atoms with Gasteiger partial charge in [0.25, 0.3) is 0 Å². The van der Waals surface area contributed by atoms with E-state index in [0.29, 0.717) is 11.4 Å². The van der Waals surface area contributed by atoms with Crippen molar-refractivity contribution in [2.75, 3.05) is 11.5 Å². The van der Waals surface area contributed by atoms with Crippen LogP contribution >= 0.6 is 11.6 Å². The van der Waals surface area contributed by atoms with Crippen LogP contribution in [0.15, 0.2) is 54.6 Å². The van der Waals surface area contributed by atoms with Crippen molar-refractivity contribution in [1.82, 2.24) is 0 Å². The van der Waals surface area contributed by atoms with E-state index in [2.05, 4.69) is 0 Å². The van der Waals surface area contributed by atoms with E-state index < -0.39 is 0 Å². The fraction of sp³-hybridized carbons (Fsp3) is 0. The molecule has 3 aromatic rings. The van der Waals surface area contributed by atoms with Crippen LogP contribution in [0, 0.1) is 0 Å². The third-order valence-electron chi connectivity index (χ3n) is 3.26. The third kappa shape index (κ3) is 2.00. The minimum Gasteiger partial charge on any atom is -0.398 e. The first kappa shape index (κ1) is 11.9. The topological polar surface area (TPSA) is 52.0 Å². The minimum absolute atomic E-state index is 0.700. The lowest BCUT2D eigenvalue weighted by atomic mass is 9.96. The van der Waals surface area contributed by atoms with Crippen molar-refractivity contribution in [3.63, 3.8) is 0 Å². The fourth-order valence-corrected chi connectivity index (χ4v) is 2.47. The fourth-order valence-electron chi connectivity index (χ4n) is 2.34. The Bertz CT molecular complexity index is 740. The zero-order valence-corrected chi connectivity index (χ0v) is 11.0. The summed E-state index contributed by atoms with van der Waals surface area (Å²) in [4.78, 5) is 0. The summed E-state index contributed by atoms with van der Waals surface area (Å²) >= 11 is 5.93. The van der Waals surface area contributed by atoms with E-state index in [0.717, 1.165) is 26.9 Å². The first-order valence-corrected chi connectivity index (χ1v) is 6.37. The molecule has 0 fully saturated rings. The molecule has 0 radical (unpaired) electrons. The van der Waals surface area contributed by atoms with E-state index in [1.165, 1.54) is 0 Å². The van der Waals surface area contributed by atoms with Gasteiger partial charge in [-0.2, -0.15) is 0 Å². The van der Waals surface area contributed by atoms with Crippen LogP contribution < -0.4 is 11.5 Å². The van der Waals surface area contributed by atoms with Crippen LogP contribution in [0.1, 0.15) is 0 Å². The summed E-state index contributed by atoms with van der Waals surface area (Å²) in [7, 11) is 0. The SMILES string of the molecule is Nc1cccc2c(-c3ccc(Cl)cc3)ccc(N)c12. The predicted molar refractivity (Wildman–Crippen MR) is 83.2 cm³/mol. The molecule has 0 atom stereocenters. The van der Waals surface area contributed by atoms with Crippen molar-refractivity contribution in [3.05, 3.63) is 59.6 Å². The van der Waals surface area contributed by atoms with Crippen molar-refractivity contribution in [1.29, 1.82) is 0 Å². The molecule has 4 N–H and O–H groups in total. The molecule has 0 saturated carbocycles. The molecular formula is C16H13ClN2. The summed E-state index contributed by atoms with van der Waals surface area (Å²) in [5, 5.41) is 2.69. The Morgan fingerprint density at radius 1 is 0.737 bits per heavy atom. The molecule has 3 heteroatoms. The van der Waals surface area contributed by atoms with Gasteiger partial charge < -0.3 is 11.5 Å². The van der Waals surface area contributed by atoms with Gasteiger partial charge in [-0.05, 0) is 40.8 Å². The molecule has 3 rings (SSSR count). The molecule has 0 heterocycles. The lowest BCUT2D eigenvalue weighted by Gasteiger charge is -2.11. The van der Waals surface area contributed by atoms with E-state index in [1.54, 1.807) is 0 Å². The Hall–Kier alpha value is -2.19. The van der Waals surface area contributed by atoms with Gasteiger partial charge in [0.05, 0.1) is 0 Å². The van der Waals surface area contributed by atoms with Gasteiger partial charge >= 0.3 is 0 Å². The highest BCUT2D eigenvalue weighted by Crippen LogP contribution is 2.35. The third-order valence-corrected chi connectivity index (χ3v) is 3.51. The maximum absolute atomic E-state index is 6.03. The Kier molecular flexibility index (Phi) is 2.80. The van der Waals surface area contributed by atoms with E-state index in [4.69, 9.17) is 23.1 Å². The molecule has 0 saturated heterocycles. The lowest BCUT2D eigenvalue weighted by Crippen LogP contribution is -1.94. The molecule has 94 valence electrons. The molecule has 0 aliphatic heterocycles. The van der Waals surface area contributed by atoms with E-state index >= 15 is 0 Å². The van der Waals surface area contributed by atoms with Crippen LogP contribution in [-0.4, -0.2) is 0 Å². The van der Waals surface area contributed by atoms with E-state index in [9.17, 15) is 0 Å². The number of benzene rings is 3. The first-order chi connectivity index (χ1) is 9.16. The van der Waals surface area contributed by atoms with Gasteiger partial charge in [0.1, 0.15) is 0 Å². The Morgan fingerprint density at radius 2 is 1.42 bits per heavy atom. The van der Waals surface area contributed by atoms with Gasteiger partial charge in [-0.25, -0.2) is 0 Å². The van der Waals surface area contributed by atoms with E-state index in [-0.39, 0.29) is 0 Å². The molecule has 2 nitrogen and oxygen atoms in total. The van der Waals surface area contributed by atoms with Gasteiger partial charge in [0.2, 0.25) is 0 Å². The minimum atomic E-state index is 0.700. The van der Waals surface area contributed by atoms with Crippen LogP contribution in [0.25, 0.3) is 21.9 Å². The normalized spacial score (nSPS) is 10.8. The van der Waals surface area contributed by atoms with Crippen molar-refractivity contribution in [3.8, 4) is 11.1 Å². The summed E-state index contributed by atoms with van der Waals surface area (Å²) in [6.07, 6.45) is 0. The average Bonchev–Trinajstić information content (AvgIpc) is 2.41. The van der Waals surface area contributed by atoms with Crippen molar-refractivity contribution < 1.29 is 0 Å². The quantitative estimate of drug-likeness (QED) is 0.646. The average molecular weight is 269 g/mol. The Balaban J connectivity index is 2.34. The van der Waals surface area contributed by atoms with Crippen molar-refractivity contribution in [2.24, 2.45) is 0 Å².